The van der Waals surface area contributed by atoms with Crippen LogP contribution in [0.5, 0.6) is 0 Å². The minimum absolute atomic E-state index is 0.0370. The number of ether oxygens (including phenoxy) is 1. The second-order valence-corrected chi connectivity index (χ2v) is 3.85. The molecular weight excluding hydrogens is 202 g/mol. The Bertz CT molecular complexity index is 185. The summed E-state index contributed by atoms with van der Waals surface area (Å²) in [6.45, 7) is 2.69. The van der Waals surface area contributed by atoms with Crippen molar-refractivity contribution in [2.75, 3.05) is 12.5 Å². The summed E-state index contributed by atoms with van der Waals surface area (Å²) in [4.78, 5) is 11.1. The van der Waals surface area contributed by atoms with Crippen molar-refractivity contribution in [1.29, 1.82) is 0 Å². The molecule has 2 atom stereocenters. The molecule has 0 aliphatic heterocycles. The summed E-state index contributed by atoms with van der Waals surface area (Å²) in [5.41, 5.74) is 0. The third-order valence-electron chi connectivity index (χ3n) is 2.55. The molecule has 1 rings (SSSR count). The Morgan fingerprint density at radius 3 is 2.86 bits per heavy atom. The molecule has 0 aromatic rings. The Morgan fingerprint density at radius 2 is 2.21 bits per heavy atom. The van der Waals surface area contributed by atoms with Gasteiger partial charge in [0.2, 0.25) is 5.91 Å². The third-order valence-corrected chi connectivity index (χ3v) is 2.79. The molecule has 0 radical (unpaired) electrons. The van der Waals surface area contributed by atoms with E-state index in [4.69, 9.17) is 16.3 Å². The Balaban J connectivity index is 2.41. The summed E-state index contributed by atoms with van der Waals surface area (Å²) in [7, 11) is 0. The average Bonchev–Trinajstić information content (AvgIpc) is 2.21. The molecule has 14 heavy (non-hydrogen) atoms. The summed E-state index contributed by atoms with van der Waals surface area (Å²) >= 11 is 5.44. The van der Waals surface area contributed by atoms with Gasteiger partial charge in [0.15, 0.2) is 0 Å². The lowest BCUT2D eigenvalue weighted by Gasteiger charge is -2.31. The number of hydrogen-bond acceptors (Lipinski definition) is 2. The van der Waals surface area contributed by atoms with E-state index in [0.717, 1.165) is 19.3 Å². The van der Waals surface area contributed by atoms with E-state index in [-0.39, 0.29) is 23.9 Å². The number of amides is 1. The van der Waals surface area contributed by atoms with Crippen LogP contribution in [-0.4, -0.2) is 30.5 Å². The lowest BCUT2D eigenvalue weighted by Crippen LogP contribution is -2.46. The molecule has 0 bridgehead atoms. The van der Waals surface area contributed by atoms with Crippen molar-refractivity contribution in [3.8, 4) is 0 Å². The van der Waals surface area contributed by atoms with Gasteiger partial charge in [0.1, 0.15) is 5.88 Å². The number of rotatable bonds is 4. The largest absolute Gasteiger partial charge is 0.376 e. The fraction of sp³-hybridized carbons (Fsp3) is 0.900. The number of carbonyl (C=O) groups excluding carboxylic acids is 1. The zero-order valence-electron chi connectivity index (χ0n) is 8.59. The maximum Gasteiger partial charge on any atom is 0.235 e. The van der Waals surface area contributed by atoms with E-state index < -0.39 is 0 Å². The standard InChI is InChI=1S/C10H18ClNO2/c1-2-14-9-6-4-3-5-8(9)12-10(13)7-11/h8-9H,2-7H2,1H3,(H,12,13). The van der Waals surface area contributed by atoms with Crippen molar-refractivity contribution in [3.05, 3.63) is 0 Å². The topological polar surface area (TPSA) is 38.3 Å². The Hall–Kier alpha value is -0.280. The highest BCUT2D eigenvalue weighted by atomic mass is 35.5. The van der Waals surface area contributed by atoms with Crippen LogP contribution in [0, 0.1) is 0 Å². The van der Waals surface area contributed by atoms with Gasteiger partial charge < -0.3 is 10.1 Å². The van der Waals surface area contributed by atoms with Crippen molar-refractivity contribution >= 4 is 17.5 Å². The van der Waals surface area contributed by atoms with Crippen LogP contribution in [0.3, 0.4) is 0 Å². The molecule has 0 heterocycles. The van der Waals surface area contributed by atoms with Gasteiger partial charge in [-0.2, -0.15) is 0 Å². The van der Waals surface area contributed by atoms with E-state index >= 15 is 0 Å². The van der Waals surface area contributed by atoms with Crippen LogP contribution in [0.2, 0.25) is 0 Å². The minimum Gasteiger partial charge on any atom is -0.376 e. The van der Waals surface area contributed by atoms with Crippen LogP contribution in [0.15, 0.2) is 0 Å². The first-order valence-corrected chi connectivity index (χ1v) is 5.78. The Kier molecular flexibility index (Phi) is 5.26. The molecule has 1 amide bonds. The monoisotopic (exact) mass is 219 g/mol. The van der Waals surface area contributed by atoms with Gasteiger partial charge in [-0.15, -0.1) is 11.6 Å². The average molecular weight is 220 g/mol. The molecule has 0 spiro atoms. The second kappa shape index (κ2) is 6.25. The van der Waals surface area contributed by atoms with Gasteiger partial charge in [-0.1, -0.05) is 12.8 Å². The number of nitrogens with one attached hydrogen (secondary N) is 1. The van der Waals surface area contributed by atoms with Gasteiger partial charge in [-0.25, -0.2) is 0 Å². The van der Waals surface area contributed by atoms with E-state index in [9.17, 15) is 4.79 Å². The molecule has 1 N–H and O–H groups in total. The van der Waals surface area contributed by atoms with Gasteiger partial charge >= 0.3 is 0 Å². The van der Waals surface area contributed by atoms with E-state index in [2.05, 4.69) is 5.32 Å². The first-order valence-electron chi connectivity index (χ1n) is 5.24. The zero-order chi connectivity index (χ0) is 10.4. The molecule has 3 nitrogen and oxygen atoms in total. The zero-order valence-corrected chi connectivity index (χ0v) is 9.35. The summed E-state index contributed by atoms with van der Waals surface area (Å²) in [6.07, 6.45) is 4.59. The van der Waals surface area contributed by atoms with Crippen molar-refractivity contribution in [3.63, 3.8) is 0 Å². The first-order chi connectivity index (χ1) is 6.77. The van der Waals surface area contributed by atoms with Gasteiger partial charge in [0.25, 0.3) is 0 Å². The van der Waals surface area contributed by atoms with Gasteiger partial charge in [0, 0.05) is 6.61 Å². The van der Waals surface area contributed by atoms with Crippen LogP contribution < -0.4 is 5.32 Å². The van der Waals surface area contributed by atoms with Crippen LogP contribution in [0.25, 0.3) is 0 Å². The molecule has 4 heteroatoms. The fourth-order valence-corrected chi connectivity index (χ4v) is 2.00. The summed E-state index contributed by atoms with van der Waals surface area (Å²) in [5.74, 6) is -0.0571. The van der Waals surface area contributed by atoms with E-state index in [1.165, 1.54) is 6.42 Å². The number of halogens is 1. The molecule has 82 valence electrons. The van der Waals surface area contributed by atoms with Gasteiger partial charge in [-0.05, 0) is 19.8 Å². The lowest BCUT2D eigenvalue weighted by atomic mass is 9.92. The SMILES string of the molecule is CCOC1CCCCC1NC(=O)CCl. The van der Waals surface area contributed by atoms with E-state index in [0.29, 0.717) is 6.61 Å². The normalized spacial score (nSPS) is 27.3. The fourth-order valence-electron chi connectivity index (χ4n) is 1.92. The molecule has 0 aromatic heterocycles. The van der Waals surface area contributed by atoms with E-state index in [1.54, 1.807) is 0 Å². The molecule has 0 aromatic carbocycles. The van der Waals surface area contributed by atoms with Gasteiger partial charge in [-0.3, -0.25) is 4.79 Å². The van der Waals surface area contributed by atoms with Crippen LogP contribution in [0.4, 0.5) is 0 Å². The summed E-state index contributed by atoms with van der Waals surface area (Å²) in [5, 5.41) is 2.91. The molecule has 1 aliphatic carbocycles. The Labute approximate surface area is 90.1 Å². The maximum absolute atomic E-state index is 11.1. The maximum atomic E-state index is 11.1. The lowest BCUT2D eigenvalue weighted by molar-refractivity contribution is -0.121. The van der Waals surface area contributed by atoms with Crippen molar-refractivity contribution in [2.45, 2.75) is 44.8 Å². The quantitative estimate of drug-likeness (QED) is 0.731. The predicted molar refractivity (Wildman–Crippen MR) is 56.5 cm³/mol. The summed E-state index contributed by atoms with van der Waals surface area (Å²) < 4.78 is 5.58. The number of alkyl halides is 1. The van der Waals surface area contributed by atoms with Crippen LogP contribution >= 0.6 is 11.6 Å². The molecule has 1 fully saturated rings. The highest BCUT2D eigenvalue weighted by Crippen LogP contribution is 2.21. The van der Waals surface area contributed by atoms with Gasteiger partial charge in [0.05, 0.1) is 12.1 Å². The summed E-state index contributed by atoms with van der Waals surface area (Å²) in [6, 6.07) is 0.162. The molecule has 2 unspecified atom stereocenters. The Morgan fingerprint density at radius 1 is 1.50 bits per heavy atom. The third kappa shape index (κ3) is 3.46. The highest BCUT2D eigenvalue weighted by Gasteiger charge is 2.26. The number of hydrogen-bond donors (Lipinski definition) is 1. The molecule has 1 aliphatic rings. The van der Waals surface area contributed by atoms with Crippen molar-refractivity contribution in [2.24, 2.45) is 0 Å². The second-order valence-electron chi connectivity index (χ2n) is 3.59. The highest BCUT2D eigenvalue weighted by molar-refractivity contribution is 6.27. The predicted octanol–water partition coefficient (Wildman–Crippen LogP) is 1.69. The smallest absolute Gasteiger partial charge is 0.235 e. The number of carbonyl (C=O) groups is 1. The minimum atomic E-state index is -0.0942. The van der Waals surface area contributed by atoms with E-state index in [1.807, 2.05) is 6.92 Å². The van der Waals surface area contributed by atoms with Crippen LogP contribution in [-0.2, 0) is 9.53 Å². The first kappa shape index (κ1) is 11.8. The van der Waals surface area contributed by atoms with Crippen LogP contribution in [0.1, 0.15) is 32.6 Å². The molecule has 1 saturated carbocycles. The van der Waals surface area contributed by atoms with Crippen molar-refractivity contribution < 1.29 is 9.53 Å². The van der Waals surface area contributed by atoms with Crippen molar-refractivity contribution in [1.82, 2.24) is 5.32 Å². The molecular formula is C10H18ClNO2. The molecule has 0 saturated heterocycles.